The highest BCUT2D eigenvalue weighted by atomic mass is 19.1. The second-order valence-corrected chi connectivity index (χ2v) is 6.59. The Morgan fingerprint density at radius 3 is 2.88 bits per heavy atom. The molecule has 0 spiro atoms. The first-order chi connectivity index (χ1) is 12.0. The van der Waals surface area contributed by atoms with Gasteiger partial charge in [0.05, 0.1) is 18.5 Å². The van der Waals surface area contributed by atoms with E-state index in [1.165, 1.54) is 0 Å². The number of fused-ring (bicyclic) bond motifs is 1. The molecule has 138 valence electrons. The van der Waals surface area contributed by atoms with Gasteiger partial charge < -0.3 is 25.6 Å². The Morgan fingerprint density at radius 2 is 2.28 bits per heavy atom. The Bertz CT molecular complexity index is 725. The number of halogens is 1. The molecular weight excluding hydrogens is 323 g/mol. The third-order valence-corrected chi connectivity index (χ3v) is 4.79. The molecule has 1 saturated heterocycles. The van der Waals surface area contributed by atoms with Crippen LogP contribution in [0.15, 0.2) is 6.33 Å². The zero-order valence-electron chi connectivity index (χ0n) is 15.0. The summed E-state index contributed by atoms with van der Waals surface area (Å²) in [6, 6.07) is -0.100. The average molecular weight is 350 g/mol. The molecule has 0 aromatic carbocycles. The van der Waals surface area contributed by atoms with Crippen LogP contribution < -0.4 is 16.0 Å². The molecule has 7 nitrogen and oxygen atoms in total. The summed E-state index contributed by atoms with van der Waals surface area (Å²) in [5.41, 5.74) is 1.57. The molecule has 1 fully saturated rings. The number of hydrogen-bond donors (Lipinski definition) is 4. The minimum Gasteiger partial charge on any atom is -0.391 e. The number of imidazole rings is 1. The number of pyridine rings is 1. The predicted octanol–water partition coefficient (Wildman–Crippen LogP) is 1.94. The fraction of sp³-hybridized carbons (Fsp3) is 0.647. The molecule has 2 aromatic rings. The molecule has 0 unspecified atom stereocenters. The molecule has 4 N–H and O–H groups in total. The van der Waals surface area contributed by atoms with Crippen LogP contribution in [-0.4, -0.2) is 50.9 Å². The number of nitrogens with zero attached hydrogens (tertiary/aromatic N) is 3. The molecule has 0 radical (unpaired) electrons. The fourth-order valence-electron chi connectivity index (χ4n) is 3.23. The van der Waals surface area contributed by atoms with Gasteiger partial charge in [-0.2, -0.15) is 0 Å². The van der Waals surface area contributed by atoms with Crippen LogP contribution >= 0.6 is 0 Å². The Labute approximate surface area is 147 Å². The van der Waals surface area contributed by atoms with Crippen LogP contribution in [0.25, 0.3) is 11.2 Å². The van der Waals surface area contributed by atoms with Crippen molar-refractivity contribution >= 4 is 22.7 Å². The molecule has 1 aliphatic heterocycles. The van der Waals surface area contributed by atoms with E-state index in [1.807, 2.05) is 18.4 Å². The molecule has 3 rings (SSSR count). The molecule has 3 heterocycles. The Balaban J connectivity index is 2.04. The summed E-state index contributed by atoms with van der Waals surface area (Å²) in [7, 11) is 0. The quantitative estimate of drug-likeness (QED) is 0.610. The Kier molecular flexibility index (Phi) is 5.39. The minimum absolute atomic E-state index is 0.156. The van der Waals surface area contributed by atoms with E-state index in [1.54, 1.807) is 13.3 Å². The van der Waals surface area contributed by atoms with Crippen molar-refractivity contribution in [3.05, 3.63) is 12.1 Å². The molecule has 8 heteroatoms. The van der Waals surface area contributed by atoms with Gasteiger partial charge in [0.2, 0.25) is 0 Å². The van der Waals surface area contributed by atoms with Crippen molar-refractivity contribution in [2.24, 2.45) is 0 Å². The van der Waals surface area contributed by atoms with Crippen molar-refractivity contribution in [3.63, 3.8) is 0 Å². The summed E-state index contributed by atoms with van der Waals surface area (Å²) in [6.45, 7) is 8.05. The molecular formula is C17H27FN6O. The number of aromatic nitrogens is 3. The smallest absolute Gasteiger partial charge is 0.190 e. The molecule has 0 aliphatic carbocycles. The zero-order valence-corrected chi connectivity index (χ0v) is 15.0. The van der Waals surface area contributed by atoms with Crippen molar-refractivity contribution in [3.8, 4) is 0 Å². The van der Waals surface area contributed by atoms with E-state index in [-0.39, 0.29) is 17.9 Å². The van der Waals surface area contributed by atoms with Crippen LogP contribution in [0.4, 0.5) is 15.9 Å². The number of nitrogens with one attached hydrogen (secondary N) is 3. The van der Waals surface area contributed by atoms with Gasteiger partial charge in [0.1, 0.15) is 11.2 Å². The summed E-state index contributed by atoms with van der Waals surface area (Å²) in [5, 5.41) is 19.5. The predicted molar refractivity (Wildman–Crippen MR) is 97.4 cm³/mol. The minimum atomic E-state index is -0.603. The number of aryl methyl sites for hydroxylation is 1. The number of aliphatic hydroxyl groups excluding tert-OH is 1. The van der Waals surface area contributed by atoms with Crippen LogP contribution in [0.5, 0.6) is 0 Å². The molecule has 25 heavy (non-hydrogen) atoms. The molecule has 0 amide bonds. The highest BCUT2D eigenvalue weighted by molar-refractivity contribution is 5.88. The normalized spacial score (nSPS) is 20.0. The summed E-state index contributed by atoms with van der Waals surface area (Å²) < 4.78 is 17.1. The van der Waals surface area contributed by atoms with E-state index in [4.69, 9.17) is 0 Å². The van der Waals surface area contributed by atoms with Gasteiger partial charge in [0.25, 0.3) is 0 Å². The first-order valence-electron chi connectivity index (χ1n) is 9.01. The first-order valence-corrected chi connectivity index (χ1v) is 9.01. The number of hydrogen-bond acceptors (Lipinski definition) is 6. The monoisotopic (exact) mass is 350 g/mol. The van der Waals surface area contributed by atoms with Gasteiger partial charge in [-0.3, -0.25) is 0 Å². The summed E-state index contributed by atoms with van der Waals surface area (Å²) in [6.07, 6.45) is 2.68. The fourth-order valence-corrected chi connectivity index (χ4v) is 3.23. The van der Waals surface area contributed by atoms with Crippen molar-refractivity contribution in [1.29, 1.82) is 0 Å². The van der Waals surface area contributed by atoms with Crippen molar-refractivity contribution in [2.45, 2.75) is 58.3 Å². The van der Waals surface area contributed by atoms with E-state index in [2.05, 4.69) is 25.9 Å². The maximum atomic E-state index is 15.2. The van der Waals surface area contributed by atoms with E-state index >= 15 is 4.39 Å². The highest BCUT2D eigenvalue weighted by Gasteiger charge is 2.24. The SMILES string of the molecule is CC[C@H](Nc1nc2c(ncn2CC)c(N[C@H]2CCNC2)c1F)[C@@H](C)O. The maximum Gasteiger partial charge on any atom is 0.190 e. The van der Waals surface area contributed by atoms with E-state index in [0.717, 1.165) is 19.5 Å². The summed E-state index contributed by atoms with van der Waals surface area (Å²) in [4.78, 5) is 8.83. The van der Waals surface area contributed by atoms with Gasteiger partial charge >= 0.3 is 0 Å². The summed E-state index contributed by atoms with van der Waals surface area (Å²) in [5.74, 6) is -0.288. The average Bonchev–Trinajstić information content (AvgIpc) is 3.24. The van der Waals surface area contributed by atoms with Gasteiger partial charge in [-0.25, -0.2) is 14.4 Å². The van der Waals surface area contributed by atoms with E-state index in [0.29, 0.717) is 29.8 Å². The Hall–Kier alpha value is -1.93. The molecule has 1 aliphatic rings. The molecule has 0 bridgehead atoms. The van der Waals surface area contributed by atoms with E-state index in [9.17, 15) is 5.11 Å². The topological polar surface area (TPSA) is 87.0 Å². The lowest BCUT2D eigenvalue weighted by Gasteiger charge is -2.22. The second-order valence-electron chi connectivity index (χ2n) is 6.59. The van der Waals surface area contributed by atoms with Crippen LogP contribution in [0.3, 0.4) is 0 Å². The standard InChI is InChI=1S/C17H27FN6O/c1-4-12(10(3)25)22-16-13(18)14(21-11-6-7-19-8-11)15-17(23-16)24(5-2)9-20-15/h9-12,19,25H,4-8H2,1-3H3,(H2,21,22,23)/t10-,11+,12+/m1/s1. The van der Waals surface area contributed by atoms with Crippen LogP contribution in [-0.2, 0) is 6.54 Å². The second kappa shape index (κ2) is 7.53. The lowest BCUT2D eigenvalue weighted by Crippen LogP contribution is -2.31. The number of rotatable bonds is 7. The van der Waals surface area contributed by atoms with Gasteiger partial charge in [-0.05, 0) is 33.2 Å². The van der Waals surface area contributed by atoms with Crippen LogP contribution in [0.2, 0.25) is 0 Å². The maximum absolute atomic E-state index is 15.2. The lowest BCUT2D eigenvalue weighted by molar-refractivity contribution is 0.169. The van der Waals surface area contributed by atoms with Gasteiger partial charge in [-0.1, -0.05) is 6.92 Å². The third-order valence-electron chi connectivity index (χ3n) is 4.79. The van der Waals surface area contributed by atoms with Gasteiger partial charge in [0, 0.05) is 19.1 Å². The molecule has 3 atom stereocenters. The highest BCUT2D eigenvalue weighted by Crippen LogP contribution is 2.31. The lowest BCUT2D eigenvalue weighted by atomic mass is 10.1. The number of anilines is 2. The summed E-state index contributed by atoms with van der Waals surface area (Å²) >= 11 is 0. The number of aliphatic hydroxyl groups is 1. The molecule has 0 saturated carbocycles. The van der Waals surface area contributed by atoms with Crippen LogP contribution in [0.1, 0.15) is 33.6 Å². The van der Waals surface area contributed by atoms with Crippen molar-refractivity contribution in [1.82, 2.24) is 19.9 Å². The Morgan fingerprint density at radius 1 is 1.48 bits per heavy atom. The van der Waals surface area contributed by atoms with E-state index < -0.39 is 11.9 Å². The largest absolute Gasteiger partial charge is 0.391 e. The molecule has 2 aromatic heterocycles. The first kappa shape index (κ1) is 17.9. The van der Waals surface area contributed by atoms with Crippen molar-refractivity contribution < 1.29 is 9.50 Å². The van der Waals surface area contributed by atoms with Gasteiger partial charge in [0.15, 0.2) is 17.3 Å². The zero-order chi connectivity index (χ0) is 18.0. The van der Waals surface area contributed by atoms with Crippen molar-refractivity contribution in [2.75, 3.05) is 23.7 Å². The third kappa shape index (κ3) is 3.55. The van der Waals surface area contributed by atoms with Crippen LogP contribution in [0, 0.1) is 5.82 Å². The van der Waals surface area contributed by atoms with Gasteiger partial charge in [-0.15, -0.1) is 0 Å².